The fourth-order valence-electron chi connectivity index (χ4n) is 3.14. The van der Waals surface area contributed by atoms with E-state index in [-0.39, 0.29) is 24.0 Å². The van der Waals surface area contributed by atoms with Crippen LogP contribution in [0.2, 0.25) is 0 Å². The molecule has 7 heteroatoms. The number of piperidine rings is 1. The Morgan fingerprint density at radius 1 is 1.22 bits per heavy atom. The van der Waals surface area contributed by atoms with Crippen LogP contribution in [0.4, 0.5) is 0 Å². The highest BCUT2D eigenvalue weighted by molar-refractivity contribution is 14.0. The molecule has 0 unspecified atom stereocenters. The quantitative estimate of drug-likeness (QED) is 0.249. The van der Waals surface area contributed by atoms with Crippen molar-refractivity contribution in [2.75, 3.05) is 47.1 Å². The summed E-state index contributed by atoms with van der Waals surface area (Å²) in [5.74, 6) is 1.87. The molecule has 1 aromatic carbocycles. The summed E-state index contributed by atoms with van der Waals surface area (Å²) >= 11 is 0. The molecule has 0 radical (unpaired) electrons. The topological polar surface area (TPSA) is 55.3 Å². The maximum atomic E-state index is 5.94. The highest BCUT2D eigenvalue weighted by atomic mass is 127. The van der Waals surface area contributed by atoms with Crippen molar-refractivity contribution in [3.05, 3.63) is 29.8 Å². The van der Waals surface area contributed by atoms with Crippen LogP contribution in [-0.4, -0.2) is 64.0 Å². The Kier molecular flexibility index (Phi) is 12.4. The van der Waals surface area contributed by atoms with E-state index >= 15 is 0 Å². The number of likely N-dealkylation sites (tertiary alicyclic amines) is 1. The van der Waals surface area contributed by atoms with Crippen LogP contribution in [0.1, 0.15) is 31.7 Å². The summed E-state index contributed by atoms with van der Waals surface area (Å²) < 4.78 is 16.7. The monoisotopic (exact) mass is 491 g/mol. The number of halogens is 1. The van der Waals surface area contributed by atoms with E-state index in [1.165, 1.54) is 0 Å². The molecule has 27 heavy (non-hydrogen) atoms. The molecule has 0 saturated carbocycles. The lowest BCUT2D eigenvalue weighted by atomic mass is 10.1. The minimum Gasteiger partial charge on any atom is -0.494 e. The predicted molar refractivity (Wildman–Crippen MR) is 120 cm³/mol. The van der Waals surface area contributed by atoms with Gasteiger partial charge in [-0.1, -0.05) is 18.2 Å². The molecule has 2 rings (SSSR count). The number of hydrogen-bond acceptors (Lipinski definition) is 4. The van der Waals surface area contributed by atoms with Gasteiger partial charge in [0.15, 0.2) is 5.96 Å². The van der Waals surface area contributed by atoms with Crippen LogP contribution in [0.3, 0.4) is 0 Å². The zero-order chi connectivity index (χ0) is 18.6. The molecule has 154 valence electrons. The van der Waals surface area contributed by atoms with Gasteiger partial charge in [-0.25, -0.2) is 0 Å². The van der Waals surface area contributed by atoms with Crippen molar-refractivity contribution in [3.63, 3.8) is 0 Å². The first-order chi connectivity index (χ1) is 12.8. The maximum Gasteiger partial charge on any atom is 0.193 e. The largest absolute Gasteiger partial charge is 0.494 e. The predicted octanol–water partition coefficient (Wildman–Crippen LogP) is 3.30. The molecule has 0 aromatic heterocycles. The fourth-order valence-corrected chi connectivity index (χ4v) is 3.14. The van der Waals surface area contributed by atoms with Gasteiger partial charge < -0.3 is 24.4 Å². The second-order valence-electron chi connectivity index (χ2n) is 6.35. The van der Waals surface area contributed by atoms with E-state index < -0.39 is 0 Å². The summed E-state index contributed by atoms with van der Waals surface area (Å²) in [6, 6.07) is 8.14. The van der Waals surface area contributed by atoms with Crippen molar-refractivity contribution >= 4 is 29.9 Å². The molecule has 0 bridgehead atoms. The summed E-state index contributed by atoms with van der Waals surface area (Å²) in [7, 11) is 3.56. The van der Waals surface area contributed by atoms with Gasteiger partial charge in [-0.2, -0.15) is 0 Å². The minimum atomic E-state index is 0. The maximum absolute atomic E-state index is 5.94. The molecule has 0 amide bonds. The van der Waals surface area contributed by atoms with Crippen molar-refractivity contribution in [2.45, 2.75) is 38.8 Å². The lowest BCUT2D eigenvalue weighted by Gasteiger charge is -2.34. The van der Waals surface area contributed by atoms with Crippen molar-refractivity contribution in [1.82, 2.24) is 10.2 Å². The lowest BCUT2D eigenvalue weighted by molar-refractivity contribution is 0.00989. The van der Waals surface area contributed by atoms with Crippen LogP contribution >= 0.6 is 24.0 Å². The second kappa shape index (κ2) is 14.0. The summed E-state index contributed by atoms with van der Waals surface area (Å²) in [5, 5.41) is 3.47. The average Bonchev–Trinajstić information content (AvgIpc) is 2.68. The molecule has 1 aromatic rings. The third kappa shape index (κ3) is 8.23. The van der Waals surface area contributed by atoms with E-state index in [1.807, 2.05) is 32.2 Å². The number of aliphatic imine (C=N–C) groups is 1. The number of nitrogens with one attached hydrogen (secondary N) is 1. The first-order valence-corrected chi connectivity index (χ1v) is 9.55. The second-order valence-corrected chi connectivity index (χ2v) is 6.35. The van der Waals surface area contributed by atoms with Crippen LogP contribution < -0.4 is 10.1 Å². The van der Waals surface area contributed by atoms with E-state index in [9.17, 15) is 0 Å². The Labute approximate surface area is 180 Å². The Hall–Kier alpha value is -1.06. The van der Waals surface area contributed by atoms with Gasteiger partial charge in [0.2, 0.25) is 0 Å². The molecule has 6 nitrogen and oxygen atoms in total. The fraction of sp³-hybridized carbons (Fsp3) is 0.650. The van der Waals surface area contributed by atoms with Crippen LogP contribution in [0.5, 0.6) is 5.75 Å². The van der Waals surface area contributed by atoms with Gasteiger partial charge in [0.1, 0.15) is 5.75 Å². The van der Waals surface area contributed by atoms with Crippen LogP contribution in [0.15, 0.2) is 29.3 Å². The Morgan fingerprint density at radius 2 is 1.96 bits per heavy atom. The smallest absolute Gasteiger partial charge is 0.193 e. The van der Waals surface area contributed by atoms with E-state index in [0.717, 1.165) is 62.8 Å². The number of hydrogen-bond donors (Lipinski definition) is 1. The van der Waals surface area contributed by atoms with Gasteiger partial charge in [-0.3, -0.25) is 4.99 Å². The van der Waals surface area contributed by atoms with Crippen molar-refractivity contribution in [1.29, 1.82) is 0 Å². The summed E-state index contributed by atoms with van der Waals surface area (Å²) in [6.45, 7) is 6.84. The molecule has 0 atom stereocenters. The number of rotatable bonds is 9. The Bertz CT molecular complexity index is 549. The van der Waals surface area contributed by atoms with Crippen molar-refractivity contribution < 1.29 is 14.2 Å². The van der Waals surface area contributed by atoms with Crippen LogP contribution in [-0.2, 0) is 16.0 Å². The number of para-hydroxylation sites is 1. The number of methoxy groups -OCH3 is 1. The molecule has 1 aliphatic heterocycles. The van der Waals surface area contributed by atoms with Crippen LogP contribution in [0, 0.1) is 0 Å². The molecule has 1 N–H and O–H groups in total. The van der Waals surface area contributed by atoms with Gasteiger partial charge in [0.25, 0.3) is 0 Å². The summed E-state index contributed by atoms with van der Waals surface area (Å²) in [5.41, 5.74) is 1.15. The zero-order valence-corrected chi connectivity index (χ0v) is 19.1. The van der Waals surface area contributed by atoms with Crippen LogP contribution in [0.25, 0.3) is 0 Å². The molecule has 1 fully saturated rings. The van der Waals surface area contributed by atoms with E-state index in [4.69, 9.17) is 14.2 Å². The molecule has 1 heterocycles. The third-order valence-electron chi connectivity index (χ3n) is 4.51. The van der Waals surface area contributed by atoms with Gasteiger partial charge in [-0.05, 0) is 32.3 Å². The minimum absolute atomic E-state index is 0. The highest BCUT2D eigenvalue weighted by Crippen LogP contribution is 2.18. The normalized spacial score (nSPS) is 15.4. The van der Waals surface area contributed by atoms with E-state index in [2.05, 4.69) is 21.3 Å². The number of guanidine groups is 1. The molecule has 0 spiro atoms. The summed E-state index contributed by atoms with van der Waals surface area (Å²) in [4.78, 5) is 6.75. The highest BCUT2D eigenvalue weighted by Gasteiger charge is 2.21. The summed E-state index contributed by atoms with van der Waals surface area (Å²) in [6.07, 6.45) is 3.37. The number of benzene rings is 1. The molecular weight excluding hydrogens is 457 g/mol. The van der Waals surface area contributed by atoms with E-state index in [1.54, 1.807) is 7.11 Å². The van der Waals surface area contributed by atoms with Crippen molar-refractivity contribution in [2.24, 2.45) is 4.99 Å². The SMILES string of the molecule is CCOc1ccccc1CNC(=NC)N1CCC(OCCCOC)CC1.I. The van der Waals surface area contributed by atoms with Gasteiger partial charge >= 0.3 is 0 Å². The third-order valence-corrected chi connectivity index (χ3v) is 4.51. The molecular formula is C20H34IN3O3. The van der Waals surface area contributed by atoms with Gasteiger partial charge in [-0.15, -0.1) is 24.0 Å². The lowest BCUT2D eigenvalue weighted by Crippen LogP contribution is -2.46. The molecule has 1 saturated heterocycles. The molecule has 0 aliphatic carbocycles. The number of ether oxygens (including phenoxy) is 3. The van der Waals surface area contributed by atoms with Crippen molar-refractivity contribution in [3.8, 4) is 5.75 Å². The first-order valence-electron chi connectivity index (χ1n) is 9.55. The standard InChI is InChI=1S/C20H33N3O3.HI/c1-4-25-19-9-6-5-8-17(19)16-22-20(21-2)23-12-10-18(11-13-23)26-15-7-14-24-3;/h5-6,8-9,18H,4,7,10-16H2,1-3H3,(H,21,22);1H. The van der Waals surface area contributed by atoms with E-state index in [0.29, 0.717) is 19.3 Å². The van der Waals surface area contributed by atoms with Gasteiger partial charge in [0, 0.05) is 52.6 Å². The Morgan fingerprint density at radius 3 is 2.63 bits per heavy atom. The number of nitrogens with zero attached hydrogens (tertiary/aromatic N) is 2. The average molecular weight is 491 g/mol. The first kappa shape index (κ1) is 24.0. The van der Waals surface area contributed by atoms with Gasteiger partial charge in [0.05, 0.1) is 12.7 Å². The Balaban J connectivity index is 0.00000364. The zero-order valence-electron chi connectivity index (χ0n) is 16.8. The molecule has 1 aliphatic rings.